The van der Waals surface area contributed by atoms with Crippen molar-refractivity contribution in [2.24, 2.45) is 0 Å². The molecule has 0 saturated carbocycles. The summed E-state index contributed by atoms with van der Waals surface area (Å²) in [5, 5.41) is 6.42. The van der Waals surface area contributed by atoms with Gasteiger partial charge in [0.2, 0.25) is 11.8 Å². The Labute approximate surface area is 132 Å². The maximum Gasteiger partial charge on any atom is 0.242 e. The van der Waals surface area contributed by atoms with Gasteiger partial charge in [0.15, 0.2) is 0 Å². The van der Waals surface area contributed by atoms with Crippen molar-refractivity contribution in [3.8, 4) is 10.6 Å². The van der Waals surface area contributed by atoms with Crippen LogP contribution in [-0.4, -0.2) is 27.8 Å². The van der Waals surface area contributed by atoms with Crippen LogP contribution >= 0.6 is 11.3 Å². The maximum atomic E-state index is 12.0. The molecule has 2 aromatic rings. The van der Waals surface area contributed by atoms with Gasteiger partial charge >= 0.3 is 0 Å². The van der Waals surface area contributed by atoms with Gasteiger partial charge in [-0.15, -0.1) is 11.3 Å². The van der Waals surface area contributed by atoms with Gasteiger partial charge in [-0.25, -0.2) is 4.98 Å². The Balaban J connectivity index is 1.65. The van der Waals surface area contributed by atoms with Crippen LogP contribution in [0.5, 0.6) is 0 Å². The molecule has 22 heavy (non-hydrogen) atoms. The molecule has 1 unspecified atom stereocenters. The lowest BCUT2D eigenvalue weighted by atomic mass is 10.2. The molecule has 1 aliphatic heterocycles. The van der Waals surface area contributed by atoms with Gasteiger partial charge in [0.25, 0.3) is 0 Å². The normalized spacial score (nSPS) is 17.3. The fourth-order valence-electron chi connectivity index (χ4n) is 2.31. The highest BCUT2D eigenvalue weighted by atomic mass is 32.1. The molecule has 1 saturated heterocycles. The Morgan fingerprint density at radius 1 is 1.55 bits per heavy atom. The summed E-state index contributed by atoms with van der Waals surface area (Å²) < 4.78 is 0. The lowest BCUT2D eigenvalue weighted by Gasteiger charge is -2.10. The zero-order valence-corrected chi connectivity index (χ0v) is 12.9. The van der Waals surface area contributed by atoms with Crippen LogP contribution in [0.15, 0.2) is 24.5 Å². The third-order valence-electron chi connectivity index (χ3n) is 3.54. The molecule has 1 aliphatic rings. The number of carbonyl (C=O) groups excluding carboxylic acids is 2. The van der Waals surface area contributed by atoms with Gasteiger partial charge in [0.1, 0.15) is 11.0 Å². The first-order valence-corrected chi connectivity index (χ1v) is 7.89. The molecule has 114 valence electrons. The van der Waals surface area contributed by atoms with Crippen molar-refractivity contribution in [1.82, 2.24) is 20.6 Å². The molecule has 2 amide bonds. The van der Waals surface area contributed by atoms with E-state index in [9.17, 15) is 9.59 Å². The van der Waals surface area contributed by atoms with E-state index in [0.717, 1.165) is 21.1 Å². The second kappa shape index (κ2) is 6.23. The Morgan fingerprint density at radius 2 is 2.41 bits per heavy atom. The summed E-state index contributed by atoms with van der Waals surface area (Å²) in [6.45, 7) is 2.35. The summed E-state index contributed by atoms with van der Waals surface area (Å²) in [6, 6.07) is 3.43. The van der Waals surface area contributed by atoms with Gasteiger partial charge in [0.05, 0.1) is 12.2 Å². The van der Waals surface area contributed by atoms with Gasteiger partial charge in [-0.05, 0) is 25.5 Å². The van der Waals surface area contributed by atoms with Gasteiger partial charge in [-0.3, -0.25) is 14.6 Å². The predicted molar refractivity (Wildman–Crippen MR) is 83.1 cm³/mol. The second-order valence-electron chi connectivity index (χ2n) is 5.15. The zero-order valence-electron chi connectivity index (χ0n) is 12.1. The molecule has 0 radical (unpaired) electrons. The average Bonchev–Trinajstić information content (AvgIpc) is 3.12. The van der Waals surface area contributed by atoms with Crippen molar-refractivity contribution in [3.05, 3.63) is 35.1 Å². The molecule has 0 aromatic carbocycles. The molecule has 0 spiro atoms. The van der Waals surface area contributed by atoms with Gasteiger partial charge < -0.3 is 10.6 Å². The second-order valence-corrected chi connectivity index (χ2v) is 6.23. The molecule has 0 bridgehead atoms. The van der Waals surface area contributed by atoms with Crippen LogP contribution in [0.25, 0.3) is 10.6 Å². The number of aromatic nitrogens is 2. The number of nitrogens with zero attached hydrogens (tertiary/aromatic N) is 2. The number of thiazole rings is 1. The third kappa shape index (κ3) is 3.14. The van der Waals surface area contributed by atoms with E-state index in [-0.39, 0.29) is 11.8 Å². The van der Waals surface area contributed by atoms with Crippen LogP contribution in [0.3, 0.4) is 0 Å². The van der Waals surface area contributed by atoms with E-state index < -0.39 is 6.04 Å². The number of amides is 2. The molecule has 3 rings (SSSR count). The van der Waals surface area contributed by atoms with E-state index in [1.165, 1.54) is 0 Å². The fraction of sp³-hybridized carbons (Fsp3) is 0.333. The SMILES string of the molecule is Cc1nc(-c2cccnc2)sc1CNC(=O)C1CCC(=O)N1. The topological polar surface area (TPSA) is 84.0 Å². The Hall–Kier alpha value is -2.28. The highest BCUT2D eigenvalue weighted by molar-refractivity contribution is 7.15. The summed E-state index contributed by atoms with van der Waals surface area (Å²) in [5.74, 6) is -0.199. The standard InChI is InChI=1S/C15H16N4O2S/c1-9-12(8-17-14(21)11-4-5-13(20)19-11)22-15(18-9)10-3-2-6-16-7-10/h2-3,6-7,11H,4-5,8H2,1H3,(H,17,21)(H,19,20). The van der Waals surface area contributed by atoms with Crippen LogP contribution in [0.2, 0.25) is 0 Å². The highest BCUT2D eigenvalue weighted by Gasteiger charge is 2.27. The Bertz CT molecular complexity index is 699. The fourth-order valence-corrected chi connectivity index (χ4v) is 3.30. The molecule has 0 aliphatic carbocycles. The van der Waals surface area contributed by atoms with Crippen LogP contribution in [-0.2, 0) is 16.1 Å². The predicted octanol–water partition coefficient (Wildman–Crippen LogP) is 1.41. The first-order chi connectivity index (χ1) is 10.6. The summed E-state index contributed by atoms with van der Waals surface area (Å²) in [5.41, 5.74) is 1.87. The largest absolute Gasteiger partial charge is 0.349 e. The molecule has 6 nitrogen and oxygen atoms in total. The number of pyridine rings is 1. The highest BCUT2D eigenvalue weighted by Crippen LogP contribution is 2.27. The number of hydrogen-bond acceptors (Lipinski definition) is 5. The van der Waals surface area contributed by atoms with Crippen molar-refractivity contribution in [3.63, 3.8) is 0 Å². The monoisotopic (exact) mass is 316 g/mol. The van der Waals surface area contributed by atoms with E-state index in [0.29, 0.717) is 19.4 Å². The van der Waals surface area contributed by atoms with Crippen molar-refractivity contribution < 1.29 is 9.59 Å². The van der Waals surface area contributed by atoms with Crippen molar-refractivity contribution in [2.45, 2.75) is 32.4 Å². The molecule has 2 N–H and O–H groups in total. The number of rotatable bonds is 4. The number of nitrogens with one attached hydrogen (secondary N) is 2. The molecule has 2 aromatic heterocycles. The van der Waals surface area contributed by atoms with Crippen LogP contribution in [0.4, 0.5) is 0 Å². The van der Waals surface area contributed by atoms with Crippen LogP contribution in [0, 0.1) is 6.92 Å². The minimum atomic E-state index is -0.404. The first kappa shape index (κ1) is 14.6. The molecule has 1 atom stereocenters. The minimum Gasteiger partial charge on any atom is -0.349 e. The van der Waals surface area contributed by atoms with E-state index in [4.69, 9.17) is 0 Å². The molecular formula is C15H16N4O2S. The minimum absolute atomic E-state index is 0.0621. The Kier molecular flexibility index (Phi) is 4.15. The molecular weight excluding hydrogens is 300 g/mol. The quantitative estimate of drug-likeness (QED) is 0.893. The van der Waals surface area contributed by atoms with Crippen molar-refractivity contribution >= 4 is 23.2 Å². The summed E-state index contributed by atoms with van der Waals surface area (Å²) in [7, 11) is 0. The van der Waals surface area contributed by atoms with E-state index in [1.54, 1.807) is 23.7 Å². The van der Waals surface area contributed by atoms with E-state index in [1.807, 2.05) is 19.1 Å². The summed E-state index contributed by atoms with van der Waals surface area (Å²) >= 11 is 1.54. The summed E-state index contributed by atoms with van der Waals surface area (Å²) in [6.07, 6.45) is 4.48. The van der Waals surface area contributed by atoms with E-state index >= 15 is 0 Å². The Morgan fingerprint density at radius 3 is 3.09 bits per heavy atom. The number of carbonyl (C=O) groups is 2. The lowest BCUT2D eigenvalue weighted by Crippen LogP contribution is -2.41. The first-order valence-electron chi connectivity index (χ1n) is 7.07. The van der Waals surface area contributed by atoms with Crippen molar-refractivity contribution in [1.29, 1.82) is 0 Å². The van der Waals surface area contributed by atoms with Gasteiger partial charge in [-0.2, -0.15) is 0 Å². The smallest absolute Gasteiger partial charge is 0.242 e. The van der Waals surface area contributed by atoms with Crippen molar-refractivity contribution in [2.75, 3.05) is 0 Å². The molecule has 1 fully saturated rings. The van der Waals surface area contributed by atoms with E-state index in [2.05, 4.69) is 20.6 Å². The molecule has 7 heteroatoms. The van der Waals surface area contributed by atoms with Gasteiger partial charge in [-0.1, -0.05) is 0 Å². The lowest BCUT2D eigenvalue weighted by molar-refractivity contribution is -0.125. The summed E-state index contributed by atoms with van der Waals surface area (Å²) in [4.78, 5) is 32.8. The van der Waals surface area contributed by atoms with Crippen LogP contribution in [0.1, 0.15) is 23.4 Å². The maximum absolute atomic E-state index is 12.0. The zero-order chi connectivity index (χ0) is 15.5. The van der Waals surface area contributed by atoms with Gasteiger partial charge in [0, 0.05) is 29.3 Å². The number of aryl methyl sites for hydroxylation is 1. The average molecular weight is 316 g/mol. The molecule has 3 heterocycles. The number of hydrogen-bond donors (Lipinski definition) is 2. The van der Waals surface area contributed by atoms with Crippen LogP contribution < -0.4 is 10.6 Å². The third-order valence-corrected chi connectivity index (χ3v) is 4.74.